The number of fused-ring (bicyclic) bond motifs is 1. The van der Waals surface area contributed by atoms with Crippen molar-refractivity contribution < 1.29 is 14.3 Å². The summed E-state index contributed by atoms with van der Waals surface area (Å²) in [5, 5.41) is 7.46. The molecular weight excluding hydrogens is 354 g/mol. The number of amides is 1. The number of aromatic nitrogens is 2. The smallest absolute Gasteiger partial charge is 0.273 e. The van der Waals surface area contributed by atoms with E-state index in [4.69, 9.17) is 9.47 Å². The van der Waals surface area contributed by atoms with Crippen LogP contribution in [0.25, 0.3) is 11.3 Å². The van der Waals surface area contributed by atoms with Gasteiger partial charge in [-0.2, -0.15) is 5.10 Å². The van der Waals surface area contributed by atoms with Crippen LogP contribution in [0.3, 0.4) is 0 Å². The Balaban J connectivity index is 1.82. The Bertz CT molecular complexity index is 968. The Morgan fingerprint density at radius 2 is 1.93 bits per heavy atom. The van der Waals surface area contributed by atoms with Crippen molar-refractivity contribution in [2.24, 2.45) is 0 Å². The summed E-state index contributed by atoms with van der Waals surface area (Å²) in [5.41, 5.74) is 4.28. The predicted molar refractivity (Wildman–Crippen MR) is 106 cm³/mol. The van der Waals surface area contributed by atoms with Crippen molar-refractivity contribution in [1.82, 2.24) is 15.1 Å². The van der Waals surface area contributed by atoms with Gasteiger partial charge in [0.05, 0.1) is 18.8 Å². The maximum atomic E-state index is 13.2. The minimum Gasteiger partial charge on any atom is -0.497 e. The quantitative estimate of drug-likeness (QED) is 0.638. The fourth-order valence-corrected chi connectivity index (χ4v) is 3.78. The zero-order valence-corrected chi connectivity index (χ0v) is 16.0. The molecule has 0 radical (unpaired) electrons. The normalized spacial score (nSPS) is 15.7. The van der Waals surface area contributed by atoms with Gasteiger partial charge in [-0.3, -0.25) is 9.89 Å². The monoisotopic (exact) mass is 377 g/mol. The number of rotatable bonds is 7. The number of H-pyrrole nitrogens is 1. The van der Waals surface area contributed by atoms with Gasteiger partial charge in [-0.1, -0.05) is 42.5 Å². The number of benzene rings is 2. The molecule has 28 heavy (non-hydrogen) atoms. The third-order valence-electron chi connectivity index (χ3n) is 5.07. The molecule has 2 aromatic carbocycles. The molecule has 2 heterocycles. The van der Waals surface area contributed by atoms with E-state index in [0.717, 1.165) is 34.6 Å². The molecule has 1 aliphatic rings. The molecule has 3 aromatic rings. The van der Waals surface area contributed by atoms with E-state index in [1.165, 1.54) is 0 Å². The summed E-state index contributed by atoms with van der Waals surface area (Å²) < 4.78 is 10.6. The Labute approximate surface area is 164 Å². The van der Waals surface area contributed by atoms with E-state index in [9.17, 15) is 4.79 Å². The third-order valence-corrected chi connectivity index (χ3v) is 5.07. The molecule has 0 spiro atoms. The van der Waals surface area contributed by atoms with Crippen molar-refractivity contribution in [2.45, 2.75) is 12.5 Å². The minimum absolute atomic E-state index is 0.0337. The van der Waals surface area contributed by atoms with Crippen LogP contribution in [0.5, 0.6) is 5.75 Å². The molecule has 0 saturated heterocycles. The number of aromatic amines is 1. The van der Waals surface area contributed by atoms with E-state index in [0.29, 0.717) is 18.8 Å². The first-order valence-electron chi connectivity index (χ1n) is 9.32. The maximum absolute atomic E-state index is 13.2. The van der Waals surface area contributed by atoms with Gasteiger partial charge in [0.25, 0.3) is 5.91 Å². The summed E-state index contributed by atoms with van der Waals surface area (Å²) in [5.74, 6) is 0.730. The van der Waals surface area contributed by atoms with Gasteiger partial charge >= 0.3 is 0 Å². The number of hydrogen-bond acceptors (Lipinski definition) is 4. The second kappa shape index (κ2) is 7.86. The van der Waals surface area contributed by atoms with E-state index in [1.54, 1.807) is 14.2 Å². The van der Waals surface area contributed by atoms with Gasteiger partial charge in [0.1, 0.15) is 11.4 Å². The van der Waals surface area contributed by atoms with Gasteiger partial charge in [-0.25, -0.2) is 0 Å². The first-order chi connectivity index (χ1) is 13.7. The Kier molecular flexibility index (Phi) is 5.12. The summed E-state index contributed by atoms with van der Waals surface area (Å²) in [7, 11) is 3.32. The molecule has 1 amide bonds. The number of carbonyl (C=O) groups is 1. The molecule has 0 saturated carbocycles. The van der Waals surface area contributed by atoms with Crippen molar-refractivity contribution in [1.29, 1.82) is 0 Å². The van der Waals surface area contributed by atoms with Crippen LogP contribution in [-0.4, -0.2) is 48.4 Å². The van der Waals surface area contributed by atoms with E-state index in [2.05, 4.69) is 10.2 Å². The van der Waals surface area contributed by atoms with Crippen LogP contribution in [0.15, 0.2) is 54.6 Å². The third kappa shape index (κ3) is 3.16. The van der Waals surface area contributed by atoms with Crippen LogP contribution in [-0.2, 0) is 4.74 Å². The van der Waals surface area contributed by atoms with Crippen LogP contribution in [0, 0.1) is 0 Å². The maximum Gasteiger partial charge on any atom is 0.273 e. The number of methoxy groups -OCH3 is 2. The Morgan fingerprint density at radius 3 is 2.68 bits per heavy atom. The molecule has 0 fully saturated rings. The fourth-order valence-electron chi connectivity index (χ4n) is 3.78. The van der Waals surface area contributed by atoms with Crippen LogP contribution >= 0.6 is 0 Å². The van der Waals surface area contributed by atoms with Gasteiger partial charge in [0, 0.05) is 31.4 Å². The van der Waals surface area contributed by atoms with E-state index in [1.807, 2.05) is 59.5 Å². The van der Waals surface area contributed by atoms with Crippen LogP contribution in [0.1, 0.15) is 34.1 Å². The van der Waals surface area contributed by atoms with Gasteiger partial charge in [0.15, 0.2) is 0 Å². The van der Waals surface area contributed by atoms with Crippen molar-refractivity contribution in [2.75, 3.05) is 27.4 Å². The lowest BCUT2D eigenvalue weighted by Crippen LogP contribution is -2.31. The zero-order chi connectivity index (χ0) is 19.5. The van der Waals surface area contributed by atoms with Crippen LogP contribution in [0.4, 0.5) is 0 Å². The average molecular weight is 377 g/mol. The minimum atomic E-state index is -0.219. The lowest BCUT2D eigenvalue weighted by molar-refractivity contribution is 0.0723. The van der Waals surface area contributed by atoms with Crippen LogP contribution in [0.2, 0.25) is 0 Å². The first-order valence-corrected chi connectivity index (χ1v) is 9.32. The number of hydrogen-bond donors (Lipinski definition) is 1. The summed E-state index contributed by atoms with van der Waals surface area (Å²) in [6.07, 6.45) is 0.765. The molecule has 1 unspecified atom stereocenters. The Hall–Kier alpha value is -3.12. The highest BCUT2D eigenvalue weighted by Crippen LogP contribution is 2.43. The van der Waals surface area contributed by atoms with Gasteiger partial charge in [0.2, 0.25) is 0 Å². The highest BCUT2D eigenvalue weighted by molar-refractivity contribution is 6.00. The molecule has 1 aromatic heterocycles. The highest BCUT2D eigenvalue weighted by Gasteiger charge is 2.41. The topological polar surface area (TPSA) is 67.5 Å². The average Bonchev–Trinajstić information content (AvgIpc) is 3.28. The molecule has 144 valence electrons. The van der Waals surface area contributed by atoms with E-state index >= 15 is 0 Å². The molecule has 6 nitrogen and oxygen atoms in total. The summed E-state index contributed by atoms with van der Waals surface area (Å²) in [4.78, 5) is 15.0. The number of ether oxygens (including phenoxy) is 2. The second-order valence-electron chi connectivity index (χ2n) is 6.75. The van der Waals surface area contributed by atoms with E-state index < -0.39 is 0 Å². The Morgan fingerprint density at radius 1 is 1.11 bits per heavy atom. The van der Waals surface area contributed by atoms with Crippen LogP contribution < -0.4 is 4.74 Å². The zero-order valence-electron chi connectivity index (χ0n) is 16.0. The standard InChI is InChI=1S/C22H23N3O3/c1-27-13-7-12-25-21(16-10-6-11-17(14-16)28-2)18-19(15-8-4-3-5-9-15)23-24-20(18)22(25)26/h3-6,8-11,14,21H,7,12-13H2,1-2H3,(H,23,24). The summed E-state index contributed by atoms with van der Waals surface area (Å²) in [6.45, 7) is 1.21. The van der Waals surface area contributed by atoms with Gasteiger partial charge in [-0.05, 0) is 24.1 Å². The molecule has 1 aliphatic heterocycles. The number of carbonyl (C=O) groups excluding carboxylic acids is 1. The van der Waals surface area contributed by atoms with Gasteiger partial charge < -0.3 is 14.4 Å². The molecule has 4 rings (SSSR count). The SMILES string of the molecule is COCCCN1C(=O)c2[nH]nc(-c3ccccc3)c2C1c1cccc(OC)c1. The second-order valence-corrected chi connectivity index (χ2v) is 6.75. The van der Waals surface area contributed by atoms with Gasteiger partial charge in [-0.15, -0.1) is 0 Å². The highest BCUT2D eigenvalue weighted by atomic mass is 16.5. The predicted octanol–water partition coefficient (Wildman–Crippen LogP) is 3.67. The molecule has 1 N–H and O–H groups in total. The lowest BCUT2D eigenvalue weighted by Gasteiger charge is -2.26. The first kappa shape index (κ1) is 18.3. The lowest BCUT2D eigenvalue weighted by atomic mass is 9.96. The summed E-state index contributed by atoms with van der Waals surface area (Å²) >= 11 is 0. The molecule has 1 atom stereocenters. The van der Waals surface area contributed by atoms with Crippen molar-refractivity contribution >= 4 is 5.91 Å². The van der Waals surface area contributed by atoms with E-state index in [-0.39, 0.29) is 11.9 Å². The number of nitrogens with zero attached hydrogens (tertiary/aromatic N) is 2. The largest absolute Gasteiger partial charge is 0.497 e. The molecular formula is C22H23N3O3. The fraction of sp³-hybridized carbons (Fsp3) is 0.273. The number of nitrogens with one attached hydrogen (secondary N) is 1. The molecule has 0 aliphatic carbocycles. The van der Waals surface area contributed by atoms with Crippen molar-refractivity contribution in [3.05, 3.63) is 71.4 Å². The molecule has 0 bridgehead atoms. The van der Waals surface area contributed by atoms with Crippen molar-refractivity contribution in [3.8, 4) is 17.0 Å². The molecule has 6 heteroatoms. The summed E-state index contributed by atoms with van der Waals surface area (Å²) in [6, 6.07) is 17.6. The van der Waals surface area contributed by atoms with Crippen molar-refractivity contribution in [3.63, 3.8) is 0 Å².